The molecule has 8 heteroatoms. The Labute approximate surface area is 141 Å². The molecule has 1 heterocycles. The monoisotopic (exact) mass is 344 g/mol. The number of methoxy groups -OCH3 is 1. The SMILES string of the molecule is COC(=O)[C@@H](N)Cc1ccc(-c2cnc(N)nc2)cc1.Cl.Cl. The molecule has 4 N–H and O–H groups in total. The van der Waals surface area contributed by atoms with Crippen molar-refractivity contribution in [1.29, 1.82) is 0 Å². The summed E-state index contributed by atoms with van der Waals surface area (Å²) in [4.78, 5) is 19.2. The van der Waals surface area contributed by atoms with Gasteiger partial charge in [0.25, 0.3) is 0 Å². The molecule has 1 aromatic carbocycles. The average Bonchev–Trinajstić information content (AvgIpc) is 2.48. The van der Waals surface area contributed by atoms with Crippen LogP contribution in [0, 0.1) is 0 Å². The van der Waals surface area contributed by atoms with Gasteiger partial charge in [-0.1, -0.05) is 24.3 Å². The van der Waals surface area contributed by atoms with E-state index in [2.05, 4.69) is 14.7 Å². The number of halogens is 2. The summed E-state index contributed by atoms with van der Waals surface area (Å²) >= 11 is 0. The van der Waals surface area contributed by atoms with Crippen molar-refractivity contribution in [2.45, 2.75) is 12.5 Å². The van der Waals surface area contributed by atoms with Gasteiger partial charge in [-0.05, 0) is 17.5 Å². The van der Waals surface area contributed by atoms with Gasteiger partial charge < -0.3 is 16.2 Å². The summed E-state index contributed by atoms with van der Waals surface area (Å²) in [5.74, 6) is -0.171. The smallest absolute Gasteiger partial charge is 0.322 e. The van der Waals surface area contributed by atoms with Crippen LogP contribution in [0.1, 0.15) is 5.56 Å². The number of aromatic nitrogens is 2. The fraction of sp³-hybridized carbons (Fsp3) is 0.214. The summed E-state index contributed by atoms with van der Waals surface area (Å²) in [6.45, 7) is 0. The lowest BCUT2D eigenvalue weighted by Gasteiger charge is -2.09. The molecule has 2 aromatic rings. The van der Waals surface area contributed by atoms with Crippen LogP contribution in [0.2, 0.25) is 0 Å². The maximum absolute atomic E-state index is 11.3. The van der Waals surface area contributed by atoms with E-state index in [-0.39, 0.29) is 30.8 Å². The number of nitrogens with zero attached hydrogens (tertiary/aromatic N) is 2. The van der Waals surface area contributed by atoms with Gasteiger partial charge in [-0.3, -0.25) is 4.79 Å². The van der Waals surface area contributed by atoms with Crippen LogP contribution in [0.3, 0.4) is 0 Å². The number of hydrogen-bond acceptors (Lipinski definition) is 6. The molecular formula is C14H18Cl2N4O2. The van der Waals surface area contributed by atoms with E-state index in [1.54, 1.807) is 12.4 Å². The van der Waals surface area contributed by atoms with Gasteiger partial charge in [0.2, 0.25) is 5.95 Å². The molecular weight excluding hydrogens is 327 g/mol. The van der Waals surface area contributed by atoms with Crippen molar-refractivity contribution in [1.82, 2.24) is 9.97 Å². The van der Waals surface area contributed by atoms with E-state index in [4.69, 9.17) is 11.5 Å². The lowest BCUT2D eigenvalue weighted by Crippen LogP contribution is -2.33. The first kappa shape index (κ1) is 20.1. The molecule has 0 aliphatic heterocycles. The number of nitrogen functional groups attached to an aromatic ring is 1. The van der Waals surface area contributed by atoms with Gasteiger partial charge in [0.05, 0.1) is 7.11 Å². The predicted octanol–water partition coefficient (Wildman–Crippen LogP) is 1.61. The molecule has 0 fully saturated rings. The van der Waals surface area contributed by atoms with Crippen LogP contribution in [-0.2, 0) is 16.0 Å². The molecule has 0 radical (unpaired) electrons. The summed E-state index contributed by atoms with van der Waals surface area (Å²) in [6.07, 6.45) is 3.76. The summed E-state index contributed by atoms with van der Waals surface area (Å²) in [7, 11) is 1.33. The standard InChI is InChI=1S/C14H16N4O2.2ClH/c1-20-13(19)12(15)6-9-2-4-10(5-3-9)11-7-17-14(16)18-8-11;;/h2-5,7-8,12H,6,15H2,1H3,(H2,16,17,18);2*1H/t12-;;/m0../s1. The topological polar surface area (TPSA) is 104 Å². The Balaban J connectivity index is 0.00000220. The third-order valence-corrected chi connectivity index (χ3v) is 2.92. The summed E-state index contributed by atoms with van der Waals surface area (Å²) in [6, 6.07) is 7.02. The van der Waals surface area contributed by atoms with Gasteiger partial charge in [0.15, 0.2) is 0 Å². The van der Waals surface area contributed by atoms with Crippen LogP contribution in [0.4, 0.5) is 5.95 Å². The lowest BCUT2D eigenvalue weighted by atomic mass is 10.0. The summed E-state index contributed by atoms with van der Waals surface area (Å²) in [5.41, 5.74) is 14.0. The van der Waals surface area contributed by atoms with Crippen molar-refractivity contribution < 1.29 is 9.53 Å². The number of ether oxygens (including phenoxy) is 1. The van der Waals surface area contributed by atoms with Crippen molar-refractivity contribution in [3.8, 4) is 11.1 Å². The van der Waals surface area contributed by atoms with E-state index >= 15 is 0 Å². The van der Waals surface area contributed by atoms with E-state index < -0.39 is 12.0 Å². The zero-order chi connectivity index (χ0) is 14.5. The second kappa shape index (κ2) is 9.19. The van der Waals surface area contributed by atoms with Crippen molar-refractivity contribution >= 4 is 36.7 Å². The number of benzene rings is 1. The largest absolute Gasteiger partial charge is 0.468 e. The van der Waals surface area contributed by atoms with Gasteiger partial charge in [-0.25, -0.2) is 9.97 Å². The van der Waals surface area contributed by atoms with Crippen molar-refractivity contribution in [3.63, 3.8) is 0 Å². The highest BCUT2D eigenvalue weighted by molar-refractivity contribution is 5.85. The van der Waals surface area contributed by atoms with Crippen LogP contribution in [-0.4, -0.2) is 29.1 Å². The van der Waals surface area contributed by atoms with E-state index in [0.717, 1.165) is 16.7 Å². The van der Waals surface area contributed by atoms with Crippen molar-refractivity contribution in [2.24, 2.45) is 5.73 Å². The lowest BCUT2D eigenvalue weighted by molar-refractivity contribution is -0.142. The van der Waals surface area contributed by atoms with Crippen molar-refractivity contribution in [2.75, 3.05) is 12.8 Å². The zero-order valence-corrected chi connectivity index (χ0v) is 13.6. The van der Waals surface area contributed by atoms with E-state index in [1.807, 2.05) is 24.3 Å². The average molecular weight is 345 g/mol. The fourth-order valence-corrected chi connectivity index (χ4v) is 1.81. The Morgan fingerprint density at radius 3 is 2.18 bits per heavy atom. The Morgan fingerprint density at radius 1 is 1.14 bits per heavy atom. The number of hydrogen-bond donors (Lipinski definition) is 2. The Hall–Kier alpha value is -1.89. The molecule has 22 heavy (non-hydrogen) atoms. The first-order chi connectivity index (χ1) is 9.60. The molecule has 0 saturated carbocycles. The number of rotatable bonds is 4. The van der Waals surface area contributed by atoms with Crippen LogP contribution in [0.15, 0.2) is 36.7 Å². The van der Waals surface area contributed by atoms with E-state index in [0.29, 0.717) is 6.42 Å². The highest BCUT2D eigenvalue weighted by atomic mass is 35.5. The molecule has 0 unspecified atom stereocenters. The predicted molar refractivity (Wildman–Crippen MR) is 90.1 cm³/mol. The van der Waals surface area contributed by atoms with Gasteiger partial charge in [-0.15, -0.1) is 24.8 Å². The first-order valence-corrected chi connectivity index (χ1v) is 6.10. The molecule has 0 aliphatic rings. The number of esters is 1. The third-order valence-electron chi connectivity index (χ3n) is 2.92. The minimum atomic E-state index is -0.647. The fourth-order valence-electron chi connectivity index (χ4n) is 1.81. The molecule has 120 valence electrons. The summed E-state index contributed by atoms with van der Waals surface area (Å²) < 4.78 is 4.60. The molecule has 0 bridgehead atoms. The molecule has 0 aliphatic carbocycles. The minimum absolute atomic E-state index is 0. The second-order valence-electron chi connectivity index (χ2n) is 4.36. The first-order valence-electron chi connectivity index (χ1n) is 6.10. The van der Waals surface area contributed by atoms with Gasteiger partial charge in [0.1, 0.15) is 6.04 Å². The number of carbonyl (C=O) groups is 1. The molecule has 6 nitrogen and oxygen atoms in total. The summed E-state index contributed by atoms with van der Waals surface area (Å²) in [5, 5.41) is 0. The maximum atomic E-state index is 11.3. The quantitative estimate of drug-likeness (QED) is 0.816. The molecule has 0 spiro atoms. The second-order valence-corrected chi connectivity index (χ2v) is 4.36. The van der Waals surface area contributed by atoms with Crippen molar-refractivity contribution in [3.05, 3.63) is 42.2 Å². The Bertz CT molecular complexity index is 591. The van der Waals surface area contributed by atoms with Gasteiger partial charge in [-0.2, -0.15) is 0 Å². The molecule has 0 saturated heterocycles. The zero-order valence-electron chi connectivity index (χ0n) is 11.9. The number of anilines is 1. The van der Waals surface area contributed by atoms with Crippen LogP contribution >= 0.6 is 24.8 Å². The van der Waals surface area contributed by atoms with Crippen LogP contribution in [0.25, 0.3) is 11.1 Å². The van der Waals surface area contributed by atoms with Gasteiger partial charge >= 0.3 is 5.97 Å². The Kier molecular flexibility index (Phi) is 8.40. The highest BCUT2D eigenvalue weighted by Crippen LogP contribution is 2.18. The maximum Gasteiger partial charge on any atom is 0.322 e. The molecule has 0 amide bonds. The number of carbonyl (C=O) groups excluding carboxylic acids is 1. The van der Waals surface area contributed by atoms with Crippen LogP contribution in [0.5, 0.6) is 0 Å². The van der Waals surface area contributed by atoms with E-state index in [9.17, 15) is 4.79 Å². The highest BCUT2D eigenvalue weighted by Gasteiger charge is 2.14. The molecule has 1 aromatic heterocycles. The normalized spacial score (nSPS) is 10.8. The van der Waals surface area contributed by atoms with E-state index in [1.165, 1.54) is 7.11 Å². The molecule has 2 rings (SSSR count). The Morgan fingerprint density at radius 2 is 1.68 bits per heavy atom. The molecule has 1 atom stereocenters. The van der Waals surface area contributed by atoms with Crippen LogP contribution < -0.4 is 11.5 Å². The van der Waals surface area contributed by atoms with Gasteiger partial charge in [0, 0.05) is 18.0 Å². The minimum Gasteiger partial charge on any atom is -0.468 e. The number of nitrogens with two attached hydrogens (primary N) is 2. The third kappa shape index (κ3) is 5.14.